The van der Waals surface area contributed by atoms with E-state index in [-0.39, 0.29) is 24.8 Å². The molecule has 0 atom stereocenters. The molecule has 0 radical (unpaired) electrons. The van der Waals surface area contributed by atoms with Crippen LogP contribution in [0.4, 0.5) is 13.2 Å². The summed E-state index contributed by atoms with van der Waals surface area (Å²) in [6.45, 7) is 1.92. The molecule has 2 rings (SSSR count). The SMILES string of the molecule is Cc1ccccc1OCC(=O)NCc1ccc(OC(F)(F)F)cc1. The predicted molar refractivity (Wildman–Crippen MR) is 81.6 cm³/mol. The van der Waals surface area contributed by atoms with Crippen LogP contribution in [0.5, 0.6) is 11.5 Å². The molecule has 128 valence electrons. The number of rotatable bonds is 6. The fraction of sp³-hybridized carbons (Fsp3) is 0.235. The Hall–Kier alpha value is -2.70. The molecule has 0 aliphatic heterocycles. The predicted octanol–water partition coefficient (Wildman–Crippen LogP) is 3.59. The molecular weight excluding hydrogens is 323 g/mol. The molecule has 0 saturated heterocycles. The van der Waals surface area contributed by atoms with Crippen molar-refractivity contribution in [2.75, 3.05) is 6.61 Å². The molecule has 24 heavy (non-hydrogen) atoms. The maximum Gasteiger partial charge on any atom is 0.573 e. The van der Waals surface area contributed by atoms with E-state index in [9.17, 15) is 18.0 Å². The molecule has 0 fully saturated rings. The molecule has 0 unspecified atom stereocenters. The average Bonchev–Trinajstić information content (AvgIpc) is 2.52. The number of hydrogen-bond donors (Lipinski definition) is 1. The van der Waals surface area contributed by atoms with Gasteiger partial charge in [-0.1, -0.05) is 30.3 Å². The van der Waals surface area contributed by atoms with E-state index in [1.165, 1.54) is 24.3 Å². The molecule has 1 amide bonds. The molecule has 0 aliphatic rings. The van der Waals surface area contributed by atoms with Crippen LogP contribution in [0.3, 0.4) is 0 Å². The Labute approximate surface area is 137 Å². The van der Waals surface area contributed by atoms with Crippen LogP contribution in [0.25, 0.3) is 0 Å². The van der Waals surface area contributed by atoms with Gasteiger partial charge in [-0.2, -0.15) is 0 Å². The van der Waals surface area contributed by atoms with Gasteiger partial charge in [0.05, 0.1) is 0 Å². The Balaban J connectivity index is 1.78. The zero-order chi connectivity index (χ0) is 17.6. The summed E-state index contributed by atoms with van der Waals surface area (Å²) in [5.41, 5.74) is 1.57. The van der Waals surface area contributed by atoms with Crippen LogP contribution in [-0.2, 0) is 11.3 Å². The zero-order valence-corrected chi connectivity index (χ0v) is 12.9. The van der Waals surface area contributed by atoms with E-state index in [1.807, 2.05) is 25.1 Å². The number of amides is 1. The first-order valence-corrected chi connectivity index (χ1v) is 7.13. The van der Waals surface area contributed by atoms with Gasteiger partial charge in [-0.3, -0.25) is 4.79 Å². The molecule has 4 nitrogen and oxygen atoms in total. The molecule has 0 aromatic heterocycles. The van der Waals surface area contributed by atoms with Crippen molar-refractivity contribution >= 4 is 5.91 Å². The Morgan fingerprint density at radius 2 is 1.75 bits per heavy atom. The van der Waals surface area contributed by atoms with Gasteiger partial charge in [0.1, 0.15) is 11.5 Å². The van der Waals surface area contributed by atoms with Gasteiger partial charge < -0.3 is 14.8 Å². The molecule has 0 saturated carbocycles. The zero-order valence-electron chi connectivity index (χ0n) is 12.9. The Morgan fingerprint density at radius 3 is 2.38 bits per heavy atom. The molecule has 2 aromatic carbocycles. The summed E-state index contributed by atoms with van der Waals surface area (Å²) in [4.78, 5) is 11.7. The Kier molecular flexibility index (Phi) is 5.68. The lowest BCUT2D eigenvalue weighted by Crippen LogP contribution is -2.28. The van der Waals surface area contributed by atoms with E-state index in [2.05, 4.69) is 10.1 Å². The summed E-state index contributed by atoms with van der Waals surface area (Å²) < 4.78 is 45.3. The summed E-state index contributed by atoms with van der Waals surface area (Å²) >= 11 is 0. The molecule has 0 aliphatic carbocycles. The lowest BCUT2D eigenvalue weighted by molar-refractivity contribution is -0.274. The first-order chi connectivity index (χ1) is 11.3. The van der Waals surface area contributed by atoms with Crippen molar-refractivity contribution in [1.29, 1.82) is 0 Å². The van der Waals surface area contributed by atoms with E-state index in [4.69, 9.17) is 4.74 Å². The number of hydrogen-bond acceptors (Lipinski definition) is 3. The van der Waals surface area contributed by atoms with Gasteiger partial charge in [0.15, 0.2) is 6.61 Å². The molecule has 2 aromatic rings. The Bertz CT molecular complexity index is 684. The van der Waals surface area contributed by atoms with Crippen LogP contribution in [0.1, 0.15) is 11.1 Å². The highest BCUT2D eigenvalue weighted by Crippen LogP contribution is 2.22. The third-order valence-electron chi connectivity index (χ3n) is 3.10. The third kappa shape index (κ3) is 5.83. The van der Waals surface area contributed by atoms with Crippen molar-refractivity contribution in [3.05, 3.63) is 59.7 Å². The largest absolute Gasteiger partial charge is 0.573 e. The highest BCUT2D eigenvalue weighted by molar-refractivity contribution is 5.77. The number of nitrogens with one attached hydrogen (secondary N) is 1. The standard InChI is InChI=1S/C17H16F3NO3/c1-12-4-2-3-5-15(12)23-11-16(22)21-10-13-6-8-14(9-7-13)24-17(18,19)20/h2-9H,10-11H2,1H3,(H,21,22). The maximum atomic E-state index is 12.1. The van der Waals surface area contributed by atoms with Crippen LogP contribution in [0.2, 0.25) is 0 Å². The quantitative estimate of drug-likeness (QED) is 0.875. The van der Waals surface area contributed by atoms with Crippen LogP contribution in [-0.4, -0.2) is 18.9 Å². The second-order valence-electron chi connectivity index (χ2n) is 5.02. The normalized spacial score (nSPS) is 11.0. The monoisotopic (exact) mass is 339 g/mol. The van der Waals surface area contributed by atoms with Crippen molar-refractivity contribution in [3.8, 4) is 11.5 Å². The molecule has 7 heteroatoms. The summed E-state index contributed by atoms with van der Waals surface area (Å²) in [6.07, 6.45) is -4.72. The lowest BCUT2D eigenvalue weighted by Gasteiger charge is -2.11. The summed E-state index contributed by atoms with van der Waals surface area (Å²) in [6, 6.07) is 12.6. The average molecular weight is 339 g/mol. The number of alkyl halides is 3. The molecule has 0 bridgehead atoms. The van der Waals surface area contributed by atoms with E-state index in [0.717, 1.165) is 5.56 Å². The number of carbonyl (C=O) groups excluding carboxylic acids is 1. The lowest BCUT2D eigenvalue weighted by atomic mass is 10.2. The maximum absolute atomic E-state index is 12.1. The van der Waals surface area contributed by atoms with Crippen molar-refractivity contribution in [1.82, 2.24) is 5.32 Å². The van der Waals surface area contributed by atoms with Gasteiger partial charge in [-0.05, 0) is 36.2 Å². The smallest absolute Gasteiger partial charge is 0.484 e. The fourth-order valence-corrected chi connectivity index (χ4v) is 1.92. The highest BCUT2D eigenvalue weighted by atomic mass is 19.4. The first-order valence-electron chi connectivity index (χ1n) is 7.13. The minimum absolute atomic E-state index is 0.139. The first kappa shape index (κ1) is 17.7. The number of para-hydroxylation sites is 1. The van der Waals surface area contributed by atoms with E-state index in [1.54, 1.807) is 6.07 Å². The van der Waals surface area contributed by atoms with E-state index in [0.29, 0.717) is 11.3 Å². The van der Waals surface area contributed by atoms with E-state index >= 15 is 0 Å². The molecule has 0 heterocycles. The summed E-state index contributed by atoms with van der Waals surface area (Å²) in [7, 11) is 0. The summed E-state index contributed by atoms with van der Waals surface area (Å²) in [5, 5.41) is 2.63. The van der Waals surface area contributed by atoms with Gasteiger partial charge in [-0.25, -0.2) is 0 Å². The third-order valence-corrected chi connectivity index (χ3v) is 3.10. The van der Waals surface area contributed by atoms with Gasteiger partial charge in [0.2, 0.25) is 0 Å². The van der Waals surface area contributed by atoms with Gasteiger partial charge in [0, 0.05) is 6.54 Å². The second-order valence-corrected chi connectivity index (χ2v) is 5.02. The van der Waals surface area contributed by atoms with Crippen molar-refractivity contribution in [2.45, 2.75) is 19.8 Å². The fourth-order valence-electron chi connectivity index (χ4n) is 1.92. The highest BCUT2D eigenvalue weighted by Gasteiger charge is 2.30. The number of carbonyl (C=O) groups is 1. The van der Waals surface area contributed by atoms with Gasteiger partial charge in [0.25, 0.3) is 5.91 Å². The van der Waals surface area contributed by atoms with Crippen LogP contribution in [0, 0.1) is 6.92 Å². The number of aryl methyl sites for hydroxylation is 1. The number of benzene rings is 2. The minimum atomic E-state index is -4.72. The number of halogens is 3. The molecule has 1 N–H and O–H groups in total. The van der Waals surface area contributed by atoms with Crippen molar-refractivity contribution in [2.24, 2.45) is 0 Å². The Morgan fingerprint density at radius 1 is 1.08 bits per heavy atom. The number of ether oxygens (including phenoxy) is 2. The van der Waals surface area contributed by atoms with Crippen molar-refractivity contribution < 1.29 is 27.4 Å². The summed E-state index contributed by atoms with van der Waals surface area (Å²) in [5.74, 6) is -0.00404. The minimum Gasteiger partial charge on any atom is -0.484 e. The second kappa shape index (κ2) is 7.72. The van der Waals surface area contributed by atoms with Gasteiger partial charge >= 0.3 is 6.36 Å². The molecular formula is C17H16F3NO3. The van der Waals surface area contributed by atoms with Crippen molar-refractivity contribution in [3.63, 3.8) is 0 Å². The topological polar surface area (TPSA) is 47.6 Å². The molecule has 0 spiro atoms. The van der Waals surface area contributed by atoms with Crippen LogP contribution in [0.15, 0.2) is 48.5 Å². The van der Waals surface area contributed by atoms with Crippen LogP contribution >= 0.6 is 0 Å². The van der Waals surface area contributed by atoms with Crippen LogP contribution < -0.4 is 14.8 Å². The van der Waals surface area contributed by atoms with Gasteiger partial charge in [-0.15, -0.1) is 13.2 Å². The van der Waals surface area contributed by atoms with E-state index < -0.39 is 6.36 Å².